The monoisotopic (exact) mass is 305 g/mol. The van der Waals surface area contributed by atoms with Crippen molar-refractivity contribution in [2.75, 3.05) is 0 Å². The summed E-state index contributed by atoms with van der Waals surface area (Å²) in [7, 11) is -3.58. The molecule has 0 aliphatic heterocycles. The molecule has 0 aromatic heterocycles. The lowest BCUT2D eigenvalue weighted by molar-refractivity contribution is 0.173. The standard InChI is InChI=1S/C16H19NO3S/c1-2-16(18)14-9-6-10-15(11-14)21(19,20)17-12-13-7-4-3-5-8-13/h3-11,16-18H,2,12H2,1H3. The van der Waals surface area contributed by atoms with Crippen LogP contribution in [-0.4, -0.2) is 13.5 Å². The van der Waals surface area contributed by atoms with Crippen LogP contribution < -0.4 is 4.72 Å². The Balaban J connectivity index is 2.16. The van der Waals surface area contributed by atoms with Gasteiger partial charge in [-0.05, 0) is 29.7 Å². The van der Waals surface area contributed by atoms with Crippen molar-refractivity contribution in [3.63, 3.8) is 0 Å². The summed E-state index contributed by atoms with van der Waals surface area (Å²) >= 11 is 0. The molecule has 2 aromatic rings. The molecule has 0 amide bonds. The molecule has 5 heteroatoms. The molecular formula is C16H19NO3S. The van der Waals surface area contributed by atoms with E-state index >= 15 is 0 Å². The zero-order chi connectivity index (χ0) is 15.3. The van der Waals surface area contributed by atoms with Gasteiger partial charge in [-0.3, -0.25) is 0 Å². The van der Waals surface area contributed by atoms with Crippen LogP contribution in [0.2, 0.25) is 0 Å². The van der Waals surface area contributed by atoms with Crippen molar-refractivity contribution in [1.82, 2.24) is 4.72 Å². The third kappa shape index (κ3) is 4.14. The maximum absolute atomic E-state index is 12.3. The Morgan fingerprint density at radius 3 is 2.48 bits per heavy atom. The van der Waals surface area contributed by atoms with Gasteiger partial charge in [0.15, 0.2) is 0 Å². The lowest BCUT2D eigenvalue weighted by atomic mass is 10.1. The molecule has 1 unspecified atom stereocenters. The highest BCUT2D eigenvalue weighted by atomic mass is 32.2. The maximum Gasteiger partial charge on any atom is 0.240 e. The molecular weight excluding hydrogens is 286 g/mol. The van der Waals surface area contributed by atoms with Gasteiger partial charge in [0.2, 0.25) is 10.0 Å². The highest BCUT2D eigenvalue weighted by molar-refractivity contribution is 7.89. The largest absolute Gasteiger partial charge is 0.388 e. The zero-order valence-electron chi connectivity index (χ0n) is 11.9. The average molecular weight is 305 g/mol. The van der Waals surface area contributed by atoms with Gasteiger partial charge in [-0.2, -0.15) is 0 Å². The van der Waals surface area contributed by atoms with Crippen molar-refractivity contribution in [3.05, 3.63) is 65.7 Å². The number of aliphatic hydroxyl groups is 1. The van der Waals surface area contributed by atoms with E-state index in [9.17, 15) is 13.5 Å². The molecule has 2 N–H and O–H groups in total. The lowest BCUT2D eigenvalue weighted by Crippen LogP contribution is -2.23. The number of hydrogen-bond acceptors (Lipinski definition) is 3. The molecule has 1 atom stereocenters. The first-order valence-corrected chi connectivity index (χ1v) is 8.33. The van der Waals surface area contributed by atoms with E-state index in [0.717, 1.165) is 5.56 Å². The Hall–Kier alpha value is -1.69. The van der Waals surface area contributed by atoms with E-state index < -0.39 is 16.1 Å². The predicted molar refractivity (Wildman–Crippen MR) is 82.2 cm³/mol. The molecule has 0 radical (unpaired) electrons. The summed E-state index contributed by atoms with van der Waals surface area (Å²) in [6.45, 7) is 2.09. The minimum absolute atomic E-state index is 0.170. The van der Waals surface area contributed by atoms with Crippen LogP contribution in [0, 0.1) is 0 Å². The van der Waals surface area contributed by atoms with Gasteiger partial charge in [-0.25, -0.2) is 13.1 Å². The van der Waals surface area contributed by atoms with Gasteiger partial charge >= 0.3 is 0 Å². The summed E-state index contributed by atoms with van der Waals surface area (Å²) in [5, 5.41) is 9.81. The van der Waals surface area contributed by atoms with E-state index in [0.29, 0.717) is 12.0 Å². The van der Waals surface area contributed by atoms with Crippen molar-refractivity contribution >= 4 is 10.0 Å². The fourth-order valence-corrected chi connectivity index (χ4v) is 3.05. The second-order valence-electron chi connectivity index (χ2n) is 4.81. The molecule has 0 bridgehead atoms. The van der Waals surface area contributed by atoms with Crippen LogP contribution in [0.4, 0.5) is 0 Å². The summed E-state index contributed by atoms with van der Waals surface area (Å²) in [6, 6.07) is 15.7. The molecule has 2 rings (SSSR count). The molecule has 2 aromatic carbocycles. The minimum Gasteiger partial charge on any atom is -0.388 e. The summed E-state index contributed by atoms with van der Waals surface area (Å²) in [5.74, 6) is 0. The van der Waals surface area contributed by atoms with Crippen LogP contribution in [0.25, 0.3) is 0 Å². The first-order chi connectivity index (χ1) is 10.0. The van der Waals surface area contributed by atoms with Gasteiger partial charge in [0.05, 0.1) is 11.0 Å². The smallest absolute Gasteiger partial charge is 0.240 e. The Kier molecular flexibility index (Phi) is 5.12. The lowest BCUT2D eigenvalue weighted by Gasteiger charge is -2.11. The van der Waals surface area contributed by atoms with Gasteiger partial charge in [-0.1, -0.05) is 49.4 Å². The molecule has 0 saturated carbocycles. The van der Waals surface area contributed by atoms with E-state index in [4.69, 9.17) is 0 Å². The number of aliphatic hydroxyl groups excluding tert-OH is 1. The fourth-order valence-electron chi connectivity index (χ4n) is 1.98. The van der Waals surface area contributed by atoms with Crippen LogP contribution in [0.5, 0.6) is 0 Å². The SMILES string of the molecule is CCC(O)c1cccc(S(=O)(=O)NCc2ccccc2)c1. The second kappa shape index (κ2) is 6.85. The molecule has 0 fully saturated rings. The molecule has 4 nitrogen and oxygen atoms in total. The van der Waals surface area contributed by atoms with Gasteiger partial charge in [0, 0.05) is 6.54 Å². The summed E-state index contributed by atoms with van der Waals surface area (Å²) in [5.41, 5.74) is 1.51. The maximum atomic E-state index is 12.3. The Labute approximate surface area is 125 Å². The number of rotatable bonds is 6. The van der Waals surface area contributed by atoms with E-state index in [-0.39, 0.29) is 11.4 Å². The number of sulfonamides is 1. The number of nitrogens with one attached hydrogen (secondary N) is 1. The van der Waals surface area contributed by atoms with Crippen LogP contribution >= 0.6 is 0 Å². The van der Waals surface area contributed by atoms with Crippen LogP contribution in [0.15, 0.2) is 59.5 Å². The molecule has 0 heterocycles. The number of benzene rings is 2. The average Bonchev–Trinajstić information content (AvgIpc) is 2.53. The fraction of sp³-hybridized carbons (Fsp3) is 0.250. The first kappa shape index (κ1) is 15.7. The quantitative estimate of drug-likeness (QED) is 0.862. The molecule has 0 aliphatic carbocycles. The Morgan fingerprint density at radius 2 is 1.81 bits per heavy atom. The highest BCUT2D eigenvalue weighted by Gasteiger charge is 2.15. The van der Waals surface area contributed by atoms with Crippen molar-refractivity contribution in [1.29, 1.82) is 0 Å². The van der Waals surface area contributed by atoms with Gasteiger partial charge in [0.1, 0.15) is 0 Å². The third-order valence-corrected chi connectivity index (χ3v) is 4.65. The van der Waals surface area contributed by atoms with Crippen molar-refractivity contribution < 1.29 is 13.5 Å². The van der Waals surface area contributed by atoms with E-state index in [2.05, 4.69) is 4.72 Å². The summed E-state index contributed by atoms with van der Waals surface area (Å²) < 4.78 is 27.1. The third-order valence-electron chi connectivity index (χ3n) is 3.25. The van der Waals surface area contributed by atoms with Crippen LogP contribution in [0.3, 0.4) is 0 Å². The first-order valence-electron chi connectivity index (χ1n) is 6.84. The van der Waals surface area contributed by atoms with E-state index in [1.165, 1.54) is 12.1 Å². The normalized spacial score (nSPS) is 13.0. The zero-order valence-corrected chi connectivity index (χ0v) is 12.7. The Bertz CT molecular complexity index is 684. The molecule has 0 saturated heterocycles. The minimum atomic E-state index is -3.58. The Morgan fingerprint density at radius 1 is 1.10 bits per heavy atom. The predicted octanol–water partition coefficient (Wildman–Crippen LogP) is 2.61. The van der Waals surface area contributed by atoms with Crippen molar-refractivity contribution in [2.24, 2.45) is 0 Å². The molecule has 21 heavy (non-hydrogen) atoms. The van der Waals surface area contributed by atoms with Gasteiger partial charge in [0.25, 0.3) is 0 Å². The summed E-state index contributed by atoms with van der Waals surface area (Å²) in [4.78, 5) is 0.170. The van der Waals surface area contributed by atoms with Gasteiger partial charge < -0.3 is 5.11 Å². The van der Waals surface area contributed by atoms with Crippen LogP contribution in [-0.2, 0) is 16.6 Å². The molecule has 0 spiro atoms. The molecule has 112 valence electrons. The van der Waals surface area contributed by atoms with E-state index in [1.807, 2.05) is 37.3 Å². The number of hydrogen-bond donors (Lipinski definition) is 2. The van der Waals surface area contributed by atoms with Gasteiger partial charge in [-0.15, -0.1) is 0 Å². The topological polar surface area (TPSA) is 66.4 Å². The molecule has 0 aliphatic rings. The van der Waals surface area contributed by atoms with Crippen LogP contribution in [0.1, 0.15) is 30.6 Å². The van der Waals surface area contributed by atoms with Crippen molar-refractivity contribution in [2.45, 2.75) is 30.9 Å². The second-order valence-corrected chi connectivity index (χ2v) is 6.57. The van der Waals surface area contributed by atoms with Crippen molar-refractivity contribution in [3.8, 4) is 0 Å². The van der Waals surface area contributed by atoms with E-state index in [1.54, 1.807) is 12.1 Å². The highest BCUT2D eigenvalue weighted by Crippen LogP contribution is 2.20. The summed E-state index contributed by atoms with van der Waals surface area (Å²) in [6.07, 6.45) is -0.102.